The van der Waals surface area contributed by atoms with Crippen molar-refractivity contribution in [3.63, 3.8) is 0 Å². The summed E-state index contributed by atoms with van der Waals surface area (Å²) in [6.45, 7) is 0.945. The SMILES string of the molecule is [N]CCCCn1nnnc1-c1ccccc1. The lowest BCUT2D eigenvalue weighted by atomic mass is 10.2. The molecule has 5 heteroatoms. The summed E-state index contributed by atoms with van der Waals surface area (Å²) in [5, 5.41) is 11.6. The number of tetrazole rings is 1. The van der Waals surface area contributed by atoms with Gasteiger partial charge in [-0.25, -0.2) is 4.68 Å². The van der Waals surface area contributed by atoms with Crippen molar-refractivity contribution in [1.29, 1.82) is 0 Å². The van der Waals surface area contributed by atoms with E-state index in [0.29, 0.717) is 0 Å². The number of aryl methyl sites for hydroxylation is 1. The van der Waals surface area contributed by atoms with Crippen molar-refractivity contribution in [2.75, 3.05) is 6.54 Å². The average molecular weight is 215 g/mol. The maximum atomic E-state index is 8.72. The predicted molar refractivity (Wildman–Crippen MR) is 59.5 cm³/mol. The van der Waals surface area contributed by atoms with Gasteiger partial charge in [0.05, 0.1) is 0 Å². The monoisotopic (exact) mass is 215 g/mol. The van der Waals surface area contributed by atoms with Crippen LogP contribution in [0.1, 0.15) is 12.8 Å². The van der Waals surface area contributed by atoms with Crippen LogP contribution < -0.4 is 5.73 Å². The first-order valence-electron chi connectivity index (χ1n) is 5.34. The average Bonchev–Trinajstić information content (AvgIpc) is 2.79. The summed E-state index contributed by atoms with van der Waals surface area (Å²) < 4.78 is 1.77. The Bertz CT molecular complexity index is 423. The maximum Gasteiger partial charge on any atom is 0.182 e. The second-order valence-electron chi connectivity index (χ2n) is 3.52. The molecular weight excluding hydrogens is 202 g/mol. The minimum Gasteiger partial charge on any atom is -0.225 e. The molecule has 0 aliphatic carbocycles. The number of rotatable bonds is 5. The van der Waals surface area contributed by atoms with Crippen LogP contribution in [0.4, 0.5) is 0 Å². The fraction of sp³-hybridized carbons (Fsp3) is 0.364. The van der Waals surface area contributed by atoms with Crippen molar-refractivity contribution >= 4 is 0 Å². The van der Waals surface area contributed by atoms with Gasteiger partial charge in [-0.05, 0) is 23.3 Å². The first kappa shape index (κ1) is 10.8. The topological polar surface area (TPSA) is 65.9 Å². The zero-order valence-corrected chi connectivity index (χ0v) is 8.95. The van der Waals surface area contributed by atoms with Crippen LogP contribution in [-0.4, -0.2) is 26.8 Å². The summed E-state index contributed by atoms with van der Waals surface area (Å²) in [7, 11) is 0. The molecule has 2 rings (SSSR count). The molecule has 82 valence electrons. The molecule has 16 heavy (non-hydrogen) atoms. The molecule has 0 amide bonds. The Balaban J connectivity index is 2.13. The van der Waals surface area contributed by atoms with Crippen molar-refractivity contribution in [3.8, 4) is 11.4 Å². The quantitative estimate of drug-likeness (QED) is 0.703. The van der Waals surface area contributed by atoms with E-state index in [4.69, 9.17) is 5.73 Å². The molecule has 0 saturated carbocycles. The lowest BCUT2D eigenvalue weighted by Gasteiger charge is -2.03. The largest absolute Gasteiger partial charge is 0.225 e. The van der Waals surface area contributed by atoms with Crippen LogP contribution in [0.5, 0.6) is 0 Å². The fourth-order valence-electron chi connectivity index (χ4n) is 1.52. The highest BCUT2D eigenvalue weighted by molar-refractivity contribution is 5.53. The summed E-state index contributed by atoms with van der Waals surface area (Å²) in [5.41, 5.74) is 9.73. The van der Waals surface area contributed by atoms with Gasteiger partial charge in [0.15, 0.2) is 5.82 Å². The minimum atomic E-state index is 0.211. The molecule has 0 saturated heterocycles. The zero-order valence-electron chi connectivity index (χ0n) is 8.95. The molecule has 5 nitrogen and oxygen atoms in total. The number of aromatic nitrogens is 4. The van der Waals surface area contributed by atoms with Crippen LogP contribution in [-0.2, 0) is 6.54 Å². The minimum absolute atomic E-state index is 0.211. The van der Waals surface area contributed by atoms with Gasteiger partial charge >= 0.3 is 0 Å². The summed E-state index contributed by atoms with van der Waals surface area (Å²) in [4.78, 5) is 0. The first-order valence-corrected chi connectivity index (χ1v) is 5.34. The van der Waals surface area contributed by atoms with Crippen LogP contribution >= 0.6 is 0 Å². The Kier molecular flexibility index (Phi) is 3.61. The molecule has 2 aromatic rings. The molecule has 0 bridgehead atoms. The van der Waals surface area contributed by atoms with E-state index in [9.17, 15) is 0 Å². The molecule has 0 aliphatic rings. The number of nitrogens with zero attached hydrogens (tertiary/aromatic N) is 5. The van der Waals surface area contributed by atoms with Gasteiger partial charge in [0.25, 0.3) is 0 Å². The predicted octanol–water partition coefficient (Wildman–Crippen LogP) is 1.19. The Morgan fingerprint density at radius 3 is 2.69 bits per heavy atom. The molecular formula is C11H13N5. The van der Waals surface area contributed by atoms with Crippen LogP contribution in [0.2, 0.25) is 0 Å². The third-order valence-corrected chi connectivity index (χ3v) is 2.34. The van der Waals surface area contributed by atoms with Crippen molar-refractivity contribution < 1.29 is 0 Å². The molecule has 0 aliphatic heterocycles. The molecule has 1 aromatic heterocycles. The van der Waals surface area contributed by atoms with E-state index in [-0.39, 0.29) is 6.54 Å². The first-order chi connectivity index (χ1) is 7.92. The molecule has 0 N–H and O–H groups in total. The van der Waals surface area contributed by atoms with Gasteiger partial charge in [-0.3, -0.25) is 0 Å². The molecule has 2 radical (unpaired) electrons. The third kappa shape index (κ3) is 2.43. The highest BCUT2D eigenvalue weighted by Gasteiger charge is 2.07. The number of unbranched alkanes of at least 4 members (excludes halogenated alkanes) is 1. The van der Waals surface area contributed by atoms with Gasteiger partial charge in [-0.15, -0.1) is 10.8 Å². The van der Waals surface area contributed by atoms with E-state index in [2.05, 4.69) is 15.5 Å². The number of hydrogen-bond acceptors (Lipinski definition) is 3. The summed E-state index contributed by atoms with van der Waals surface area (Å²) in [6.07, 6.45) is 1.65. The third-order valence-electron chi connectivity index (χ3n) is 2.34. The van der Waals surface area contributed by atoms with Crippen molar-refractivity contribution in [2.24, 2.45) is 0 Å². The van der Waals surface area contributed by atoms with Gasteiger partial charge in [0.2, 0.25) is 0 Å². The van der Waals surface area contributed by atoms with Gasteiger partial charge in [0.1, 0.15) is 0 Å². The number of benzene rings is 1. The van der Waals surface area contributed by atoms with E-state index < -0.39 is 0 Å². The van der Waals surface area contributed by atoms with Crippen molar-refractivity contribution in [3.05, 3.63) is 30.3 Å². The van der Waals surface area contributed by atoms with Crippen LogP contribution in [0.15, 0.2) is 30.3 Å². The number of hydrogen-bond donors (Lipinski definition) is 0. The molecule has 1 heterocycles. The molecule has 0 fully saturated rings. The second-order valence-corrected chi connectivity index (χ2v) is 3.52. The van der Waals surface area contributed by atoms with E-state index in [0.717, 1.165) is 30.8 Å². The van der Waals surface area contributed by atoms with Gasteiger partial charge in [0, 0.05) is 18.7 Å². The highest BCUT2D eigenvalue weighted by Crippen LogP contribution is 2.14. The molecule has 0 spiro atoms. The Morgan fingerprint density at radius 2 is 1.94 bits per heavy atom. The highest BCUT2D eigenvalue weighted by atomic mass is 15.5. The Hall–Kier alpha value is -1.75. The summed E-state index contributed by atoms with van der Waals surface area (Å²) >= 11 is 0. The van der Waals surface area contributed by atoms with Gasteiger partial charge in [-0.1, -0.05) is 30.3 Å². The van der Waals surface area contributed by atoms with Crippen LogP contribution in [0.3, 0.4) is 0 Å². The van der Waals surface area contributed by atoms with Crippen molar-refractivity contribution in [1.82, 2.24) is 25.9 Å². The lowest BCUT2D eigenvalue weighted by molar-refractivity contribution is 0.547. The maximum absolute atomic E-state index is 8.72. The van der Waals surface area contributed by atoms with E-state index in [1.54, 1.807) is 4.68 Å². The molecule has 0 unspecified atom stereocenters. The van der Waals surface area contributed by atoms with Crippen LogP contribution in [0.25, 0.3) is 11.4 Å². The summed E-state index contributed by atoms with van der Waals surface area (Å²) in [5.74, 6) is 0.776. The second kappa shape index (κ2) is 5.37. The zero-order chi connectivity index (χ0) is 11.2. The molecule has 0 atom stereocenters. The fourth-order valence-corrected chi connectivity index (χ4v) is 1.52. The van der Waals surface area contributed by atoms with E-state index in [1.165, 1.54) is 0 Å². The normalized spacial score (nSPS) is 10.6. The lowest BCUT2D eigenvalue weighted by Crippen LogP contribution is -2.04. The van der Waals surface area contributed by atoms with Crippen LogP contribution in [0, 0.1) is 0 Å². The Morgan fingerprint density at radius 1 is 1.12 bits per heavy atom. The molecule has 1 aromatic carbocycles. The van der Waals surface area contributed by atoms with Crippen molar-refractivity contribution in [2.45, 2.75) is 19.4 Å². The van der Waals surface area contributed by atoms with Gasteiger partial charge in [-0.2, -0.15) is 0 Å². The van der Waals surface area contributed by atoms with Gasteiger partial charge < -0.3 is 0 Å². The van der Waals surface area contributed by atoms with E-state index in [1.807, 2.05) is 30.3 Å². The standard InChI is InChI=1S/C11H13N5/c12-8-4-5-9-16-11(13-14-15-16)10-6-2-1-3-7-10/h1-3,6-7H,4-5,8-9H2. The van der Waals surface area contributed by atoms with E-state index >= 15 is 0 Å². The smallest absolute Gasteiger partial charge is 0.182 e. The Labute approximate surface area is 94.3 Å². The summed E-state index contributed by atoms with van der Waals surface area (Å²) in [6, 6.07) is 9.84.